The van der Waals surface area contributed by atoms with Crippen molar-refractivity contribution in [3.05, 3.63) is 52.0 Å². The number of anilines is 2. The molecule has 1 aliphatic rings. The molecule has 2 aromatic rings. The van der Waals surface area contributed by atoms with Gasteiger partial charge in [0.15, 0.2) is 0 Å². The van der Waals surface area contributed by atoms with Crippen LogP contribution in [0.15, 0.2) is 41.3 Å². The number of aliphatic hydroxyl groups is 1. The first-order valence-electron chi connectivity index (χ1n) is 9.02. The number of fused-ring (bicyclic) bond motifs is 1. The van der Waals surface area contributed by atoms with E-state index in [4.69, 9.17) is 23.2 Å². The molecular weight excluding hydrogens is 469 g/mol. The van der Waals surface area contributed by atoms with Gasteiger partial charge in [-0.05, 0) is 42.0 Å². The number of hydrogen-bond donors (Lipinski definition) is 4. The number of nitrogens with zero attached hydrogens (tertiary/aromatic N) is 1. The van der Waals surface area contributed by atoms with Crippen LogP contribution < -0.4 is 15.5 Å². The van der Waals surface area contributed by atoms with E-state index in [2.05, 4.69) is 10.6 Å². The maximum Gasteiger partial charge on any atom is 0.342 e. The Morgan fingerprint density at radius 2 is 1.84 bits per heavy atom. The molecule has 166 valence electrons. The highest BCUT2D eigenvalue weighted by Gasteiger charge is 2.36. The van der Waals surface area contributed by atoms with Crippen LogP contribution >= 0.6 is 23.2 Å². The van der Waals surface area contributed by atoms with E-state index in [1.165, 1.54) is 30.1 Å². The van der Waals surface area contributed by atoms with E-state index in [-0.39, 0.29) is 39.8 Å². The number of sulfone groups is 1. The molecule has 1 heterocycles. The van der Waals surface area contributed by atoms with Gasteiger partial charge in [0, 0.05) is 40.9 Å². The van der Waals surface area contributed by atoms with Crippen LogP contribution in [0, 0.1) is 0 Å². The summed E-state index contributed by atoms with van der Waals surface area (Å²) in [6.07, 6.45) is 0. The number of benzene rings is 2. The monoisotopic (exact) mass is 487 g/mol. The summed E-state index contributed by atoms with van der Waals surface area (Å²) in [5.41, 5.74) is 1.32. The predicted octanol–water partition coefficient (Wildman–Crippen LogP) is 2.53. The molecule has 0 fully saturated rings. The Bertz CT molecular complexity index is 1120. The van der Waals surface area contributed by atoms with Crippen molar-refractivity contribution in [3.63, 3.8) is 0 Å². The van der Waals surface area contributed by atoms with Gasteiger partial charge in [0.05, 0.1) is 11.5 Å². The lowest BCUT2D eigenvalue weighted by Gasteiger charge is -2.19. The molecule has 0 bridgehead atoms. The van der Waals surface area contributed by atoms with E-state index < -0.39 is 27.1 Å². The molecule has 0 aliphatic carbocycles. The Morgan fingerprint density at radius 3 is 2.39 bits per heavy atom. The van der Waals surface area contributed by atoms with Gasteiger partial charge in [-0.1, -0.05) is 23.2 Å². The number of aliphatic hydroxyl groups excluding tert-OH is 1. The van der Waals surface area contributed by atoms with Crippen LogP contribution in [-0.4, -0.2) is 56.2 Å². The minimum Gasteiger partial charge on any atom is -0.479 e. The van der Waals surface area contributed by atoms with E-state index in [9.17, 15) is 28.2 Å². The lowest BCUT2D eigenvalue weighted by Crippen LogP contribution is -2.37. The third-order valence-electron chi connectivity index (χ3n) is 4.84. The quantitative estimate of drug-likeness (QED) is 0.491. The van der Waals surface area contributed by atoms with Crippen molar-refractivity contribution in [2.24, 2.45) is 0 Å². The number of urea groups is 1. The highest BCUT2D eigenvalue weighted by Crippen LogP contribution is 2.38. The average molecular weight is 488 g/mol. The molecule has 0 radical (unpaired) electrons. The topological polar surface area (TPSA) is 136 Å². The van der Waals surface area contributed by atoms with E-state index in [1.54, 1.807) is 6.07 Å². The maximum atomic E-state index is 13.0. The second kappa shape index (κ2) is 8.91. The number of hydrogen-bond acceptors (Lipinski definition) is 6. The maximum absolute atomic E-state index is 13.0. The van der Waals surface area contributed by atoms with Crippen LogP contribution in [0.1, 0.15) is 11.5 Å². The van der Waals surface area contributed by atoms with Crippen LogP contribution in [0.4, 0.5) is 16.2 Å². The highest BCUT2D eigenvalue weighted by molar-refractivity contribution is 7.93. The standard InChI is InChI=1S/C19H19Cl2N3O6S/c1-22-19(28)24-8-10(9-25)15-7-13(2-3-16(15)24)23-17(18(26)27)31(29,30)14-5-11(20)4-12(21)6-14/h2-7,10,17,23,25H,8-9H2,1H3,(H,22,28)(H,26,27). The molecule has 3 rings (SSSR count). The van der Waals surface area contributed by atoms with Gasteiger partial charge in [0.25, 0.3) is 0 Å². The molecule has 4 N–H and O–H groups in total. The molecule has 0 spiro atoms. The highest BCUT2D eigenvalue weighted by atomic mass is 35.5. The van der Waals surface area contributed by atoms with Gasteiger partial charge in [-0.3, -0.25) is 4.90 Å². The summed E-state index contributed by atoms with van der Waals surface area (Å²) in [7, 11) is -2.93. The van der Waals surface area contributed by atoms with Crippen LogP contribution in [-0.2, 0) is 14.6 Å². The van der Waals surface area contributed by atoms with Crippen molar-refractivity contribution >= 4 is 56.4 Å². The SMILES string of the molecule is CNC(=O)N1CC(CO)c2cc(NC(C(=O)O)S(=O)(=O)c3cc(Cl)cc(Cl)c3)ccc21. The normalized spacial score (nSPS) is 16.5. The van der Waals surface area contributed by atoms with Crippen molar-refractivity contribution in [1.82, 2.24) is 5.32 Å². The zero-order chi connectivity index (χ0) is 22.9. The Kier molecular flexibility index (Phi) is 6.65. The van der Waals surface area contributed by atoms with Gasteiger partial charge in [0.1, 0.15) is 0 Å². The zero-order valence-corrected chi connectivity index (χ0v) is 18.5. The fourth-order valence-electron chi connectivity index (χ4n) is 3.37. The molecule has 9 nitrogen and oxygen atoms in total. The molecule has 2 atom stereocenters. The molecular formula is C19H19Cl2N3O6S. The summed E-state index contributed by atoms with van der Waals surface area (Å²) in [5, 5.41) is 22.4. The molecule has 2 aromatic carbocycles. The number of amides is 2. The van der Waals surface area contributed by atoms with Gasteiger partial charge in [0.2, 0.25) is 15.2 Å². The van der Waals surface area contributed by atoms with Crippen molar-refractivity contribution < 1.29 is 28.2 Å². The summed E-state index contributed by atoms with van der Waals surface area (Å²) in [6, 6.07) is 7.75. The van der Waals surface area contributed by atoms with Crippen LogP contribution in [0.25, 0.3) is 0 Å². The first-order chi connectivity index (χ1) is 14.6. The van der Waals surface area contributed by atoms with Gasteiger partial charge >= 0.3 is 12.0 Å². The summed E-state index contributed by atoms with van der Waals surface area (Å²) < 4.78 is 25.9. The second-order valence-corrected chi connectivity index (χ2v) is 9.74. The second-order valence-electron chi connectivity index (χ2n) is 6.83. The number of carbonyl (C=O) groups is 2. The Hall–Kier alpha value is -2.53. The molecule has 2 unspecified atom stereocenters. The van der Waals surface area contributed by atoms with Crippen molar-refractivity contribution in [3.8, 4) is 0 Å². The summed E-state index contributed by atoms with van der Waals surface area (Å²) >= 11 is 11.7. The lowest BCUT2D eigenvalue weighted by molar-refractivity contribution is -0.136. The van der Waals surface area contributed by atoms with Crippen LogP contribution in [0.2, 0.25) is 10.0 Å². The number of carboxylic acid groups (broad SMARTS) is 1. The third-order valence-corrected chi connectivity index (χ3v) is 7.11. The van der Waals surface area contributed by atoms with Crippen molar-refractivity contribution in [2.75, 3.05) is 30.4 Å². The van der Waals surface area contributed by atoms with Gasteiger partial charge in [-0.15, -0.1) is 0 Å². The number of aliphatic carboxylic acids is 1. The zero-order valence-electron chi connectivity index (χ0n) is 16.2. The number of rotatable bonds is 6. The van der Waals surface area contributed by atoms with Crippen LogP contribution in [0.5, 0.6) is 0 Å². The van der Waals surface area contributed by atoms with Crippen molar-refractivity contribution in [1.29, 1.82) is 0 Å². The summed E-state index contributed by atoms with van der Waals surface area (Å²) in [6.45, 7) is -0.0117. The predicted molar refractivity (Wildman–Crippen MR) is 117 cm³/mol. The Labute approximate surface area is 188 Å². The minimum absolute atomic E-state index is 0.0489. The number of halogens is 2. The minimum atomic E-state index is -4.41. The first kappa shape index (κ1) is 23.1. The molecule has 2 amide bonds. The fourth-order valence-corrected chi connectivity index (χ4v) is 5.44. The molecule has 12 heteroatoms. The lowest BCUT2D eigenvalue weighted by atomic mass is 10.0. The Balaban J connectivity index is 1.98. The van der Waals surface area contributed by atoms with E-state index in [0.29, 0.717) is 11.3 Å². The summed E-state index contributed by atoms with van der Waals surface area (Å²) in [5.74, 6) is -2.03. The van der Waals surface area contributed by atoms with Crippen molar-refractivity contribution in [2.45, 2.75) is 16.2 Å². The molecule has 0 saturated carbocycles. The van der Waals surface area contributed by atoms with E-state index in [1.807, 2.05) is 0 Å². The van der Waals surface area contributed by atoms with E-state index in [0.717, 1.165) is 12.1 Å². The Morgan fingerprint density at radius 1 is 1.19 bits per heavy atom. The molecule has 1 aliphatic heterocycles. The first-order valence-corrected chi connectivity index (χ1v) is 11.3. The van der Waals surface area contributed by atoms with E-state index >= 15 is 0 Å². The third kappa shape index (κ3) is 4.57. The van der Waals surface area contributed by atoms with Gasteiger partial charge in [-0.25, -0.2) is 18.0 Å². The molecule has 0 saturated heterocycles. The fraction of sp³-hybridized carbons (Fsp3) is 0.263. The van der Waals surface area contributed by atoms with Crippen LogP contribution in [0.3, 0.4) is 0 Å². The van der Waals surface area contributed by atoms with Gasteiger partial charge < -0.3 is 20.8 Å². The number of carboxylic acids is 1. The summed E-state index contributed by atoms with van der Waals surface area (Å²) in [4.78, 5) is 25.0. The number of nitrogens with one attached hydrogen (secondary N) is 2. The number of carbonyl (C=O) groups excluding carboxylic acids is 1. The average Bonchev–Trinajstić information content (AvgIpc) is 3.08. The molecule has 0 aromatic heterocycles. The smallest absolute Gasteiger partial charge is 0.342 e. The largest absolute Gasteiger partial charge is 0.479 e. The molecule has 31 heavy (non-hydrogen) atoms. The van der Waals surface area contributed by atoms with Gasteiger partial charge in [-0.2, -0.15) is 0 Å².